The summed E-state index contributed by atoms with van der Waals surface area (Å²) >= 11 is 0. The van der Waals surface area contributed by atoms with Crippen LogP contribution >= 0.6 is 0 Å². The van der Waals surface area contributed by atoms with Gasteiger partial charge in [0, 0.05) is 31.1 Å². The van der Waals surface area contributed by atoms with Crippen LogP contribution in [-0.4, -0.2) is 67.3 Å². The lowest BCUT2D eigenvalue weighted by Gasteiger charge is -2.39. The number of amides is 2. The van der Waals surface area contributed by atoms with Crippen LogP contribution in [0, 0.1) is 11.8 Å². The number of hydrogen-bond acceptors (Lipinski definition) is 7. The number of carboxylic acids is 1. The van der Waals surface area contributed by atoms with Crippen LogP contribution in [0.25, 0.3) is 16.9 Å². The van der Waals surface area contributed by atoms with E-state index in [1.807, 2.05) is 39.0 Å². The Kier molecular flexibility index (Phi) is 7.75. The highest BCUT2D eigenvalue weighted by molar-refractivity contribution is 5.92. The van der Waals surface area contributed by atoms with Crippen LogP contribution < -0.4 is 10.6 Å². The summed E-state index contributed by atoms with van der Waals surface area (Å²) in [7, 11) is 0. The minimum absolute atomic E-state index is 0.00339. The maximum Gasteiger partial charge on any atom is 0.407 e. The molecule has 2 aliphatic carbocycles. The third-order valence-corrected chi connectivity index (χ3v) is 6.80. The van der Waals surface area contributed by atoms with E-state index in [-0.39, 0.29) is 29.9 Å². The molecule has 40 heavy (non-hydrogen) atoms. The van der Waals surface area contributed by atoms with Gasteiger partial charge in [0.1, 0.15) is 5.60 Å². The second-order valence-electron chi connectivity index (χ2n) is 11.7. The number of aliphatic carboxylic acids is 1. The van der Waals surface area contributed by atoms with E-state index in [0.717, 1.165) is 56.6 Å². The Morgan fingerprint density at radius 3 is 2.25 bits per heavy atom. The molecule has 6 rings (SSSR count). The van der Waals surface area contributed by atoms with Gasteiger partial charge in [0.15, 0.2) is 5.65 Å². The molecule has 11 nitrogen and oxygen atoms in total. The third-order valence-electron chi connectivity index (χ3n) is 6.80. The number of fused-ring (bicyclic) bond motifs is 1. The molecular formula is C29H36N6O5. The molecule has 0 unspecified atom stereocenters. The first kappa shape index (κ1) is 27.6. The number of rotatable bonds is 7. The SMILES string of the molecule is CC(C)(C)OC(=O)NC1CN(Cc2ccc(-c3cccc4nc(NC(=O)C5CC5)nn34)cc2)C1.O=C(O)C1CC1. The number of nitrogens with zero attached hydrogens (tertiary/aromatic N) is 4. The number of aromatic nitrogens is 3. The van der Waals surface area contributed by atoms with E-state index < -0.39 is 11.6 Å². The molecule has 2 amide bonds. The molecule has 3 heterocycles. The van der Waals surface area contributed by atoms with E-state index in [1.54, 1.807) is 4.52 Å². The van der Waals surface area contributed by atoms with Crippen LogP contribution in [0.4, 0.5) is 10.7 Å². The molecular weight excluding hydrogens is 512 g/mol. The number of likely N-dealkylation sites (tertiary alicyclic amines) is 1. The van der Waals surface area contributed by atoms with Crippen molar-refractivity contribution in [3.63, 3.8) is 0 Å². The van der Waals surface area contributed by atoms with Crippen LogP contribution in [0.3, 0.4) is 0 Å². The molecule has 1 saturated heterocycles. The molecule has 0 radical (unpaired) electrons. The first-order valence-electron chi connectivity index (χ1n) is 13.7. The van der Waals surface area contributed by atoms with Crippen molar-refractivity contribution in [2.24, 2.45) is 11.8 Å². The van der Waals surface area contributed by atoms with Gasteiger partial charge in [-0.15, -0.1) is 5.10 Å². The summed E-state index contributed by atoms with van der Waals surface area (Å²) < 4.78 is 7.08. The lowest BCUT2D eigenvalue weighted by atomic mass is 10.0. The van der Waals surface area contributed by atoms with E-state index in [2.05, 4.69) is 49.9 Å². The molecule has 3 fully saturated rings. The van der Waals surface area contributed by atoms with E-state index >= 15 is 0 Å². The van der Waals surface area contributed by atoms with E-state index in [9.17, 15) is 14.4 Å². The Hall–Kier alpha value is -3.99. The molecule has 11 heteroatoms. The van der Waals surface area contributed by atoms with Gasteiger partial charge >= 0.3 is 12.1 Å². The van der Waals surface area contributed by atoms with Crippen molar-refractivity contribution in [3.05, 3.63) is 48.0 Å². The summed E-state index contributed by atoms with van der Waals surface area (Å²) in [6.45, 7) is 8.00. The summed E-state index contributed by atoms with van der Waals surface area (Å²) in [6, 6.07) is 14.3. The molecule has 0 atom stereocenters. The Morgan fingerprint density at radius 2 is 1.68 bits per heavy atom. The third kappa shape index (κ3) is 7.35. The number of hydrogen-bond donors (Lipinski definition) is 3. The van der Waals surface area contributed by atoms with Crippen LogP contribution in [0.5, 0.6) is 0 Å². The number of alkyl carbamates (subject to hydrolysis) is 1. The van der Waals surface area contributed by atoms with Crippen LogP contribution in [0.15, 0.2) is 42.5 Å². The highest BCUT2D eigenvalue weighted by Crippen LogP contribution is 2.30. The Bertz CT molecular complexity index is 1380. The molecule has 2 saturated carbocycles. The number of ether oxygens (including phenoxy) is 1. The zero-order chi connectivity index (χ0) is 28.4. The maximum absolute atomic E-state index is 12.1. The molecule has 212 valence electrons. The summed E-state index contributed by atoms with van der Waals surface area (Å²) in [5, 5.41) is 18.3. The fourth-order valence-electron chi connectivity index (χ4n) is 4.37. The van der Waals surface area contributed by atoms with Crippen molar-refractivity contribution in [2.45, 2.75) is 64.6 Å². The Morgan fingerprint density at radius 1 is 1.00 bits per heavy atom. The minimum atomic E-state index is -0.630. The normalized spacial score (nSPS) is 17.4. The second-order valence-corrected chi connectivity index (χ2v) is 11.7. The van der Waals surface area contributed by atoms with Gasteiger partial charge in [-0.25, -0.2) is 9.31 Å². The van der Waals surface area contributed by atoms with Crippen molar-refractivity contribution < 1.29 is 24.2 Å². The first-order chi connectivity index (χ1) is 19.0. The number of carbonyl (C=O) groups is 3. The summed E-state index contributed by atoms with van der Waals surface area (Å²) in [5.41, 5.74) is 3.33. The molecule has 1 aromatic carbocycles. The van der Waals surface area contributed by atoms with Crippen molar-refractivity contribution in [3.8, 4) is 11.3 Å². The highest BCUT2D eigenvalue weighted by atomic mass is 16.6. The monoisotopic (exact) mass is 548 g/mol. The summed E-state index contributed by atoms with van der Waals surface area (Å²) in [6.07, 6.45) is 3.31. The number of nitrogens with one attached hydrogen (secondary N) is 2. The van der Waals surface area contributed by atoms with Gasteiger partial charge in [0.25, 0.3) is 0 Å². The van der Waals surface area contributed by atoms with Crippen LogP contribution in [-0.2, 0) is 20.9 Å². The fraction of sp³-hybridized carbons (Fsp3) is 0.483. The summed E-state index contributed by atoms with van der Waals surface area (Å²) in [4.78, 5) is 40.4. The van der Waals surface area contributed by atoms with Crippen molar-refractivity contribution >= 4 is 29.6 Å². The summed E-state index contributed by atoms with van der Waals surface area (Å²) in [5.74, 6) is -0.168. The smallest absolute Gasteiger partial charge is 0.407 e. The van der Waals surface area contributed by atoms with Crippen molar-refractivity contribution in [2.75, 3.05) is 18.4 Å². The number of pyridine rings is 1. The lowest BCUT2D eigenvalue weighted by molar-refractivity contribution is -0.138. The van der Waals surface area contributed by atoms with Crippen LogP contribution in [0.1, 0.15) is 52.0 Å². The number of carboxylic acid groups (broad SMARTS) is 1. The Labute approximate surface area is 232 Å². The zero-order valence-electron chi connectivity index (χ0n) is 23.1. The van der Waals surface area contributed by atoms with Gasteiger partial charge in [-0.2, -0.15) is 4.98 Å². The molecule has 0 spiro atoms. The second kappa shape index (κ2) is 11.2. The largest absolute Gasteiger partial charge is 0.481 e. The predicted molar refractivity (Wildman–Crippen MR) is 149 cm³/mol. The minimum Gasteiger partial charge on any atom is -0.481 e. The highest BCUT2D eigenvalue weighted by Gasteiger charge is 2.31. The van der Waals surface area contributed by atoms with Gasteiger partial charge < -0.3 is 15.2 Å². The fourth-order valence-corrected chi connectivity index (χ4v) is 4.37. The van der Waals surface area contributed by atoms with E-state index in [1.165, 1.54) is 5.56 Å². The molecule has 3 aromatic rings. The molecule has 3 aliphatic rings. The quantitative estimate of drug-likeness (QED) is 0.404. The molecule has 0 bridgehead atoms. The zero-order valence-corrected chi connectivity index (χ0v) is 23.1. The standard InChI is InChI=1S/C25H30N6O3.C4H6O2/c1-25(2,3)34-24(33)26-19-14-30(15-19)13-16-7-9-17(10-8-16)20-5-4-6-21-27-23(29-31(20)21)28-22(32)18-11-12-18;5-4(6)3-1-2-3/h4-10,18-19H,11-15H2,1-3H3,(H,26,33)(H,28,29,32);3H,1-2H2,(H,5,6). The molecule has 1 aliphatic heterocycles. The predicted octanol–water partition coefficient (Wildman–Crippen LogP) is 3.93. The topological polar surface area (TPSA) is 138 Å². The van der Waals surface area contributed by atoms with Crippen molar-refractivity contribution in [1.29, 1.82) is 0 Å². The first-order valence-corrected chi connectivity index (χ1v) is 13.7. The van der Waals surface area contributed by atoms with Gasteiger partial charge in [0.2, 0.25) is 11.9 Å². The van der Waals surface area contributed by atoms with Crippen LogP contribution in [0.2, 0.25) is 0 Å². The van der Waals surface area contributed by atoms with Crippen molar-refractivity contribution in [1.82, 2.24) is 24.8 Å². The van der Waals surface area contributed by atoms with Gasteiger partial charge in [-0.05, 0) is 64.2 Å². The maximum atomic E-state index is 12.1. The van der Waals surface area contributed by atoms with E-state index in [0.29, 0.717) is 11.6 Å². The number of benzene rings is 1. The molecule has 2 aromatic heterocycles. The number of carbonyl (C=O) groups excluding carboxylic acids is 2. The van der Waals surface area contributed by atoms with Gasteiger partial charge in [0.05, 0.1) is 17.7 Å². The van der Waals surface area contributed by atoms with Gasteiger partial charge in [-0.1, -0.05) is 30.3 Å². The lowest BCUT2D eigenvalue weighted by Crippen LogP contribution is -2.59. The average Bonchev–Trinajstić information content (AvgIpc) is 3.78. The molecule has 3 N–H and O–H groups in total. The average molecular weight is 549 g/mol. The number of anilines is 1. The van der Waals surface area contributed by atoms with Gasteiger partial charge in [-0.3, -0.25) is 19.8 Å². The van der Waals surface area contributed by atoms with E-state index in [4.69, 9.17) is 9.84 Å². The Balaban J connectivity index is 0.000000477.